The van der Waals surface area contributed by atoms with Gasteiger partial charge in [-0.15, -0.1) is 0 Å². The summed E-state index contributed by atoms with van der Waals surface area (Å²) in [6.07, 6.45) is 12.6. The molecule has 3 N–H and O–H groups in total. The summed E-state index contributed by atoms with van der Waals surface area (Å²) in [7, 11) is 1.00. The third kappa shape index (κ3) is 3.16. The molecular formula is C30H52O4. The first kappa shape index (κ1) is 25.5. The summed E-state index contributed by atoms with van der Waals surface area (Å²) in [5.74, 6) is 3.06. The molecule has 8 unspecified atom stereocenters. The summed E-state index contributed by atoms with van der Waals surface area (Å²) in [5, 5.41) is 28.8. The van der Waals surface area contributed by atoms with Crippen LogP contribution in [-0.2, 0) is 4.74 Å². The third-order valence-corrected chi connectivity index (χ3v) is 12.8. The van der Waals surface area contributed by atoms with Gasteiger partial charge >= 0.3 is 0 Å². The van der Waals surface area contributed by atoms with Gasteiger partial charge in [-0.25, -0.2) is 0 Å². The Morgan fingerprint density at radius 3 is 2.18 bits per heavy atom. The summed E-state index contributed by atoms with van der Waals surface area (Å²) in [6.45, 7) is 13.8. The van der Waals surface area contributed by atoms with Gasteiger partial charge in [0.05, 0.1) is 24.4 Å². The Bertz CT molecular complexity index is 787. The minimum absolute atomic E-state index is 0.0117. The van der Waals surface area contributed by atoms with Crippen LogP contribution in [0.4, 0.5) is 0 Å². The average molecular weight is 477 g/mol. The van der Waals surface area contributed by atoms with Gasteiger partial charge in [0, 0.05) is 7.11 Å². The van der Waals surface area contributed by atoms with Gasteiger partial charge in [-0.3, -0.25) is 0 Å². The van der Waals surface area contributed by atoms with Crippen LogP contribution < -0.4 is 0 Å². The van der Waals surface area contributed by atoms with Gasteiger partial charge in [0.2, 0.25) is 0 Å². The van der Waals surface area contributed by atoms with Crippen LogP contribution in [0.5, 0.6) is 0 Å². The van der Waals surface area contributed by atoms with E-state index in [0.717, 1.165) is 31.8 Å². The molecule has 0 amide bonds. The van der Waals surface area contributed by atoms with E-state index in [2.05, 4.69) is 41.5 Å². The molecule has 6 rings (SSSR count). The Hall–Kier alpha value is -0.160. The lowest BCUT2D eigenvalue weighted by molar-refractivity contribution is -0.157. The first-order valence-corrected chi connectivity index (χ1v) is 14.3. The molecule has 6 fully saturated rings. The summed E-state index contributed by atoms with van der Waals surface area (Å²) in [4.78, 5) is 0. The Balaban J connectivity index is 0.00000117. The molecule has 0 aromatic carbocycles. The first-order valence-electron chi connectivity index (χ1n) is 14.3. The molecule has 11 atom stereocenters. The molecular weight excluding hydrogens is 424 g/mol. The predicted octanol–water partition coefficient (Wildman–Crippen LogP) is 5.57. The topological polar surface area (TPSA) is 69.9 Å². The summed E-state index contributed by atoms with van der Waals surface area (Å²) in [5.41, 5.74) is 1.48. The predicted molar refractivity (Wildman–Crippen MR) is 135 cm³/mol. The lowest BCUT2D eigenvalue weighted by atomic mass is 9.46. The van der Waals surface area contributed by atoms with Crippen molar-refractivity contribution in [3.8, 4) is 0 Å². The second-order valence-electron chi connectivity index (χ2n) is 15.2. The number of fused-ring (bicyclic) bond motifs is 4. The van der Waals surface area contributed by atoms with Crippen LogP contribution in [0.25, 0.3) is 0 Å². The average Bonchev–Trinajstić information content (AvgIpc) is 3.37. The van der Waals surface area contributed by atoms with Crippen LogP contribution >= 0.6 is 0 Å². The van der Waals surface area contributed by atoms with Gasteiger partial charge in [0.25, 0.3) is 0 Å². The molecule has 5 aliphatic carbocycles. The number of rotatable bonds is 1. The number of aliphatic hydroxyl groups is 3. The van der Waals surface area contributed by atoms with Gasteiger partial charge < -0.3 is 20.1 Å². The molecule has 2 spiro atoms. The van der Waals surface area contributed by atoms with E-state index in [1.807, 2.05) is 0 Å². The molecule has 1 saturated heterocycles. The molecule has 0 aromatic heterocycles. The van der Waals surface area contributed by atoms with Crippen molar-refractivity contribution >= 4 is 0 Å². The Morgan fingerprint density at radius 2 is 1.50 bits per heavy atom. The molecule has 4 nitrogen and oxygen atoms in total. The lowest BCUT2D eigenvalue weighted by Gasteiger charge is -2.59. The summed E-state index contributed by atoms with van der Waals surface area (Å²) < 4.78 is 6.75. The largest absolute Gasteiger partial charge is 0.400 e. The zero-order valence-electron chi connectivity index (χ0n) is 22.9. The number of hydrogen-bond donors (Lipinski definition) is 3. The van der Waals surface area contributed by atoms with E-state index in [-0.39, 0.29) is 29.1 Å². The van der Waals surface area contributed by atoms with E-state index < -0.39 is 0 Å². The summed E-state index contributed by atoms with van der Waals surface area (Å²) in [6, 6.07) is 0. The second-order valence-corrected chi connectivity index (χ2v) is 15.2. The molecule has 1 aliphatic heterocycles. The van der Waals surface area contributed by atoms with E-state index in [1.54, 1.807) is 0 Å². The highest BCUT2D eigenvalue weighted by molar-refractivity contribution is 5.29. The van der Waals surface area contributed by atoms with Crippen molar-refractivity contribution in [3.05, 3.63) is 0 Å². The summed E-state index contributed by atoms with van der Waals surface area (Å²) >= 11 is 0. The first-order chi connectivity index (χ1) is 15.9. The smallest absolute Gasteiger partial charge is 0.0850 e. The van der Waals surface area contributed by atoms with Gasteiger partial charge in [0.1, 0.15) is 0 Å². The second kappa shape index (κ2) is 7.92. The van der Waals surface area contributed by atoms with Gasteiger partial charge in [0.15, 0.2) is 0 Å². The van der Waals surface area contributed by atoms with Crippen LogP contribution in [0.2, 0.25) is 0 Å². The molecule has 4 heteroatoms. The van der Waals surface area contributed by atoms with Crippen molar-refractivity contribution in [2.75, 3.05) is 7.11 Å². The molecule has 0 aromatic rings. The maximum absolute atomic E-state index is 10.9. The zero-order valence-corrected chi connectivity index (χ0v) is 22.9. The maximum Gasteiger partial charge on any atom is 0.0850 e. The third-order valence-electron chi connectivity index (χ3n) is 12.8. The van der Waals surface area contributed by atoms with Crippen LogP contribution in [-0.4, -0.2) is 46.8 Å². The highest BCUT2D eigenvalue weighted by Crippen LogP contribution is 2.87. The maximum atomic E-state index is 10.9. The molecule has 0 radical (unpaired) electrons. The Kier molecular flexibility index (Phi) is 5.94. The fourth-order valence-electron chi connectivity index (χ4n) is 11.1. The molecule has 1 heterocycles. The Morgan fingerprint density at radius 1 is 0.824 bits per heavy atom. The van der Waals surface area contributed by atoms with Crippen LogP contribution in [0.15, 0.2) is 0 Å². The zero-order chi connectivity index (χ0) is 24.9. The lowest BCUT2D eigenvalue weighted by Crippen LogP contribution is -2.54. The van der Waals surface area contributed by atoms with Crippen molar-refractivity contribution in [1.29, 1.82) is 0 Å². The van der Waals surface area contributed by atoms with Crippen molar-refractivity contribution in [3.63, 3.8) is 0 Å². The number of hydrogen-bond acceptors (Lipinski definition) is 4. The monoisotopic (exact) mass is 476 g/mol. The van der Waals surface area contributed by atoms with E-state index in [0.29, 0.717) is 34.2 Å². The minimum atomic E-state index is -0.372. The van der Waals surface area contributed by atoms with Crippen LogP contribution in [0, 0.1) is 50.7 Å². The molecule has 196 valence electrons. The van der Waals surface area contributed by atoms with Crippen molar-refractivity contribution in [1.82, 2.24) is 0 Å². The van der Waals surface area contributed by atoms with Crippen LogP contribution in [0.3, 0.4) is 0 Å². The molecule has 34 heavy (non-hydrogen) atoms. The van der Waals surface area contributed by atoms with Crippen molar-refractivity contribution in [2.24, 2.45) is 50.7 Å². The highest BCUT2D eigenvalue weighted by Gasteiger charge is 2.80. The molecule has 5 saturated carbocycles. The quantitative estimate of drug-likeness (QED) is 0.463. The normalized spacial score (nSPS) is 53.6. The van der Waals surface area contributed by atoms with Gasteiger partial charge in [-0.1, -0.05) is 41.5 Å². The molecule has 0 bridgehead atoms. The van der Waals surface area contributed by atoms with E-state index >= 15 is 0 Å². The van der Waals surface area contributed by atoms with Crippen molar-refractivity contribution in [2.45, 2.75) is 130 Å². The molecule has 6 aliphatic rings. The van der Waals surface area contributed by atoms with Gasteiger partial charge in [-0.2, -0.15) is 0 Å². The Labute approximate surface area is 208 Å². The van der Waals surface area contributed by atoms with E-state index in [4.69, 9.17) is 9.84 Å². The SMILES string of the molecule is CC(C)(C)C(O)C1CCC2C(CC3C4CCC5C(C)(C)[C@@H](O)CC[C@@]56CC46CC[C@]23C)O1.CO. The van der Waals surface area contributed by atoms with E-state index in [9.17, 15) is 10.2 Å². The number of aliphatic hydroxyl groups excluding tert-OH is 3. The highest BCUT2D eigenvalue weighted by atomic mass is 16.5. The van der Waals surface area contributed by atoms with Crippen molar-refractivity contribution < 1.29 is 20.1 Å². The fraction of sp³-hybridized carbons (Fsp3) is 1.00. The van der Waals surface area contributed by atoms with E-state index in [1.165, 1.54) is 51.4 Å². The fourth-order valence-corrected chi connectivity index (χ4v) is 11.1. The minimum Gasteiger partial charge on any atom is -0.400 e. The van der Waals surface area contributed by atoms with Crippen LogP contribution in [0.1, 0.15) is 106 Å². The van der Waals surface area contributed by atoms with Gasteiger partial charge in [-0.05, 0) is 115 Å². The standard InChI is InChI=1S/C29H48O3.CH4O/c1-25(2,3)24(31)20-9-7-18-21(32-20)15-19-17-8-10-22-26(4,5)23(30)11-12-29(22)16-28(17,29)14-13-27(18,19)6;1-2/h17-24,30-31H,7-16H2,1-6H3;2H,1H3/t17?,18?,19?,20?,21?,22?,23-,24?,27+,28?,29+;/m0./s1. The number of ether oxygens (including phenoxy) is 1.